The third-order valence-electron chi connectivity index (χ3n) is 4.02. The second-order valence-corrected chi connectivity index (χ2v) is 6.28. The van der Waals surface area contributed by atoms with Crippen LogP contribution in [0, 0.1) is 5.92 Å². The van der Waals surface area contributed by atoms with Crippen LogP contribution in [-0.4, -0.2) is 41.5 Å². The van der Waals surface area contributed by atoms with Gasteiger partial charge in [0.15, 0.2) is 0 Å². The van der Waals surface area contributed by atoms with E-state index in [1.54, 1.807) is 30.0 Å². The minimum Gasteiger partial charge on any atom is -0.466 e. The molecular weight excluding hydrogens is 339 g/mol. The summed E-state index contributed by atoms with van der Waals surface area (Å²) in [6, 6.07) is 5.17. The third kappa shape index (κ3) is 3.03. The van der Waals surface area contributed by atoms with Crippen LogP contribution in [0.25, 0.3) is 10.9 Å². The van der Waals surface area contributed by atoms with Gasteiger partial charge in [-0.05, 0) is 31.5 Å². The van der Waals surface area contributed by atoms with Gasteiger partial charge in [-0.3, -0.25) is 9.59 Å². The number of esters is 1. The van der Waals surface area contributed by atoms with E-state index in [1.807, 2.05) is 0 Å². The van der Waals surface area contributed by atoms with Crippen LogP contribution in [-0.2, 0) is 9.53 Å². The normalized spacial score (nSPS) is 17.7. The lowest BCUT2D eigenvalue weighted by Crippen LogP contribution is -2.30. The molecule has 23 heavy (non-hydrogen) atoms. The maximum absolute atomic E-state index is 12.6. The molecule has 7 heteroatoms. The molecule has 0 unspecified atom stereocenters. The number of carbonyl (C=O) groups is 2. The van der Waals surface area contributed by atoms with Gasteiger partial charge in [0.2, 0.25) is 0 Å². The molecule has 3 rings (SSSR count). The van der Waals surface area contributed by atoms with Crippen molar-refractivity contribution < 1.29 is 14.3 Å². The minimum absolute atomic E-state index is 0.153. The number of fused-ring (bicyclic) bond motifs is 1. The molecular formula is C16H16Cl2N2O3. The maximum atomic E-state index is 12.6. The van der Waals surface area contributed by atoms with Gasteiger partial charge in [-0.15, -0.1) is 0 Å². The quantitative estimate of drug-likeness (QED) is 0.858. The van der Waals surface area contributed by atoms with Crippen molar-refractivity contribution >= 4 is 46.0 Å². The van der Waals surface area contributed by atoms with E-state index in [-0.39, 0.29) is 17.8 Å². The van der Waals surface area contributed by atoms with E-state index >= 15 is 0 Å². The van der Waals surface area contributed by atoms with E-state index in [1.165, 1.54) is 0 Å². The summed E-state index contributed by atoms with van der Waals surface area (Å²) in [4.78, 5) is 29.1. The number of benzene rings is 1. The molecule has 122 valence electrons. The average Bonchev–Trinajstić information content (AvgIpc) is 3.18. The summed E-state index contributed by atoms with van der Waals surface area (Å²) in [6.45, 7) is 3.04. The lowest BCUT2D eigenvalue weighted by molar-refractivity contribution is -0.147. The highest BCUT2D eigenvalue weighted by Gasteiger charge is 2.33. The van der Waals surface area contributed by atoms with Crippen LogP contribution < -0.4 is 0 Å². The van der Waals surface area contributed by atoms with Crippen LogP contribution in [0.15, 0.2) is 18.2 Å². The molecule has 2 aromatic rings. The Labute approximate surface area is 143 Å². The monoisotopic (exact) mass is 354 g/mol. The minimum atomic E-state index is -0.249. The van der Waals surface area contributed by atoms with Gasteiger partial charge in [-0.2, -0.15) is 0 Å². The molecule has 1 saturated heterocycles. The number of aromatic nitrogens is 1. The van der Waals surface area contributed by atoms with Gasteiger partial charge < -0.3 is 14.6 Å². The Balaban J connectivity index is 1.79. The lowest BCUT2D eigenvalue weighted by Gasteiger charge is -2.15. The van der Waals surface area contributed by atoms with Crippen molar-refractivity contribution in [3.63, 3.8) is 0 Å². The van der Waals surface area contributed by atoms with Crippen LogP contribution in [0.5, 0.6) is 0 Å². The highest BCUT2D eigenvalue weighted by molar-refractivity contribution is 6.45. The third-order valence-corrected chi connectivity index (χ3v) is 4.84. The van der Waals surface area contributed by atoms with Crippen LogP contribution in [0.4, 0.5) is 0 Å². The fourth-order valence-corrected chi connectivity index (χ4v) is 3.21. The fourth-order valence-electron chi connectivity index (χ4n) is 2.82. The Bertz CT molecular complexity index is 772. The molecule has 2 heterocycles. The predicted octanol–water partition coefficient (Wildman–Crippen LogP) is 3.50. The molecule has 0 radical (unpaired) electrons. The standard InChI is InChI=1S/C16H16Cl2N2O3/c1-2-23-16(22)9-5-6-20(8-9)15(21)13-7-10-12(19-13)4-3-11(17)14(10)18/h3-4,7,9,19H,2,5-6,8H2,1H3/t9-/m1/s1. The van der Waals surface area contributed by atoms with Crippen molar-refractivity contribution in [2.45, 2.75) is 13.3 Å². The topological polar surface area (TPSA) is 62.4 Å². The van der Waals surface area contributed by atoms with Gasteiger partial charge in [-0.25, -0.2) is 0 Å². The van der Waals surface area contributed by atoms with Crippen LogP contribution in [0.3, 0.4) is 0 Å². The fraction of sp³-hybridized carbons (Fsp3) is 0.375. The Hall–Kier alpha value is -1.72. The van der Waals surface area contributed by atoms with Gasteiger partial charge in [-0.1, -0.05) is 23.2 Å². The molecule has 1 aliphatic heterocycles. The number of H-pyrrole nitrogens is 1. The SMILES string of the molecule is CCOC(=O)[C@@H]1CCN(C(=O)c2cc3c(Cl)c(Cl)ccc3[nH]2)C1. The van der Waals surface area contributed by atoms with Gasteiger partial charge in [0.25, 0.3) is 5.91 Å². The highest BCUT2D eigenvalue weighted by Crippen LogP contribution is 2.31. The van der Waals surface area contributed by atoms with Crippen molar-refractivity contribution in [3.8, 4) is 0 Å². The second-order valence-electron chi connectivity index (χ2n) is 5.49. The summed E-state index contributed by atoms with van der Waals surface area (Å²) < 4.78 is 5.02. The zero-order chi connectivity index (χ0) is 16.6. The van der Waals surface area contributed by atoms with Gasteiger partial charge in [0.05, 0.1) is 22.6 Å². The molecule has 0 spiro atoms. The Kier molecular flexibility index (Phi) is 4.50. The van der Waals surface area contributed by atoms with Crippen molar-refractivity contribution in [3.05, 3.63) is 33.9 Å². The Morgan fingerprint density at radius 1 is 1.39 bits per heavy atom. The van der Waals surface area contributed by atoms with E-state index in [0.717, 1.165) is 5.52 Å². The summed E-state index contributed by atoms with van der Waals surface area (Å²) in [6.07, 6.45) is 0.622. The first kappa shape index (κ1) is 16.1. The number of likely N-dealkylation sites (tertiary alicyclic amines) is 1. The number of nitrogens with zero attached hydrogens (tertiary/aromatic N) is 1. The lowest BCUT2D eigenvalue weighted by atomic mass is 10.1. The number of hydrogen-bond acceptors (Lipinski definition) is 3. The predicted molar refractivity (Wildman–Crippen MR) is 89.0 cm³/mol. The molecule has 0 saturated carbocycles. The summed E-state index contributed by atoms with van der Waals surface area (Å²) >= 11 is 12.2. The summed E-state index contributed by atoms with van der Waals surface area (Å²) in [5, 5.41) is 1.58. The molecule has 0 aliphatic carbocycles. The number of amides is 1. The largest absolute Gasteiger partial charge is 0.466 e. The van der Waals surface area contributed by atoms with E-state index in [0.29, 0.717) is 47.2 Å². The number of nitrogens with one attached hydrogen (secondary N) is 1. The zero-order valence-corrected chi connectivity index (χ0v) is 14.1. The van der Waals surface area contributed by atoms with Crippen LogP contribution in [0.2, 0.25) is 10.0 Å². The van der Waals surface area contributed by atoms with Crippen molar-refractivity contribution in [2.24, 2.45) is 5.92 Å². The number of aromatic amines is 1. The molecule has 1 aromatic heterocycles. The zero-order valence-electron chi connectivity index (χ0n) is 12.6. The van der Waals surface area contributed by atoms with E-state index in [9.17, 15) is 9.59 Å². The van der Waals surface area contributed by atoms with Crippen molar-refractivity contribution in [1.29, 1.82) is 0 Å². The number of carbonyl (C=O) groups excluding carboxylic acids is 2. The number of halogens is 2. The summed E-state index contributed by atoms with van der Waals surface area (Å²) in [7, 11) is 0. The molecule has 0 bridgehead atoms. The molecule has 1 amide bonds. The van der Waals surface area contributed by atoms with Crippen molar-refractivity contribution in [1.82, 2.24) is 9.88 Å². The molecule has 1 fully saturated rings. The molecule has 5 nitrogen and oxygen atoms in total. The first-order valence-corrected chi connectivity index (χ1v) is 8.19. The Morgan fingerprint density at radius 2 is 2.17 bits per heavy atom. The van der Waals surface area contributed by atoms with E-state index in [2.05, 4.69) is 4.98 Å². The smallest absolute Gasteiger partial charge is 0.310 e. The average molecular weight is 355 g/mol. The van der Waals surface area contributed by atoms with Crippen LogP contribution >= 0.6 is 23.2 Å². The molecule has 1 aromatic carbocycles. The first-order valence-electron chi connectivity index (χ1n) is 7.44. The van der Waals surface area contributed by atoms with Crippen LogP contribution in [0.1, 0.15) is 23.8 Å². The summed E-state index contributed by atoms with van der Waals surface area (Å²) in [5.74, 6) is -0.643. The molecule has 1 N–H and O–H groups in total. The molecule has 1 atom stereocenters. The second kappa shape index (κ2) is 6.42. The highest BCUT2D eigenvalue weighted by atomic mass is 35.5. The van der Waals surface area contributed by atoms with Crippen molar-refractivity contribution in [2.75, 3.05) is 19.7 Å². The number of hydrogen-bond donors (Lipinski definition) is 1. The Morgan fingerprint density at radius 3 is 2.91 bits per heavy atom. The van der Waals surface area contributed by atoms with E-state index < -0.39 is 0 Å². The first-order chi connectivity index (χ1) is 11.0. The maximum Gasteiger partial charge on any atom is 0.310 e. The van der Waals surface area contributed by atoms with Gasteiger partial charge >= 0.3 is 5.97 Å². The summed E-state index contributed by atoms with van der Waals surface area (Å²) in [5.41, 5.74) is 1.19. The van der Waals surface area contributed by atoms with Gasteiger partial charge in [0, 0.05) is 24.0 Å². The number of ether oxygens (including phenoxy) is 1. The van der Waals surface area contributed by atoms with E-state index in [4.69, 9.17) is 27.9 Å². The number of rotatable bonds is 3. The van der Waals surface area contributed by atoms with Gasteiger partial charge in [0.1, 0.15) is 5.69 Å². The molecule has 1 aliphatic rings.